The highest BCUT2D eigenvalue weighted by Gasteiger charge is 2.14. The fourth-order valence-corrected chi connectivity index (χ4v) is 2.63. The largest absolute Gasteiger partial charge is 0.489 e. The van der Waals surface area contributed by atoms with Crippen molar-refractivity contribution in [1.29, 1.82) is 0 Å². The molecule has 1 aliphatic rings. The van der Waals surface area contributed by atoms with Crippen LogP contribution in [0.1, 0.15) is 39.0 Å². The van der Waals surface area contributed by atoms with Gasteiger partial charge in [-0.15, -0.1) is 0 Å². The SMILES string of the molecule is CC(CNC1CCCCC1)Oc1ccc(F)c(Cl)c1. The summed E-state index contributed by atoms with van der Waals surface area (Å²) in [7, 11) is 0. The molecule has 0 spiro atoms. The molecular formula is C15H21ClFNO. The normalized spacial score (nSPS) is 18.3. The second-order valence-corrected chi connectivity index (χ2v) is 5.65. The average Bonchev–Trinajstić information content (AvgIpc) is 2.42. The molecule has 1 aliphatic carbocycles. The molecule has 2 nitrogen and oxygen atoms in total. The Hall–Kier alpha value is -0.800. The van der Waals surface area contributed by atoms with Gasteiger partial charge in [0.15, 0.2) is 0 Å². The van der Waals surface area contributed by atoms with Gasteiger partial charge in [-0.05, 0) is 31.9 Å². The van der Waals surface area contributed by atoms with Gasteiger partial charge in [0.25, 0.3) is 0 Å². The van der Waals surface area contributed by atoms with E-state index in [4.69, 9.17) is 16.3 Å². The predicted molar refractivity (Wildman–Crippen MR) is 76.4 cm³/mol. The molecule has 0 heterocycles. The molecule has 2 rings (SSSR count). The number of hydrogen-bond acceptors (Lipinski definition) is 2. The zero-order valence-corrected chi connectivity index (χ0v) is 12.0. The van der Waals surface area contributed by atoms with E-state index in [1.807, 2.05) is 6.92 Å². The minimum atomic E-state index is -0.415. The first-order chi connectivity index (χ1) is 9.15. The smallest absolute Gasteiger partial charge is 0.142 e. The van der Waals surface area contributed by atoms with Crippen molar-refractivity contribution < 1.29 is 9.13 Å². The van der Waals surface area contributed by atoms with Crippen molar-refractivity contribution >= 4 is 11.6 Å². The van der Waals surface area contributed by atoms with Gasteiger partial charge in [-0.3, -0.25) is 0 Å². The van der Waals surface area contributed by atoms with Crippen LogP contribution in [0.25, 0.3) is 0 Å². The fourth-order valence-electron chi connectivity index (χ4n) is 2.46. The van der Waals surface area contributed by atoms with Crippen molar-refractivity contribution in [3.8, 4) is 5.75 Å². The highest BCUT2D eigenvalue weighted by Crippen LogP contribution is 2.22. The van der Waals surface area contributed by atoms with E-state index in [1.165, 1.54) is 44.2 Å². The van der Waals surface area contributed by atoms with Crippen LogP contribution in [0.3, 0.4) is 0 Å². The highest BCUT2D eigenvalue weighted by molar-refractivity contribution is 6.30. The topological polar surface area (TPSA) is 21.3 Å². The van der Waals surface area contributed by atoms with Crippen LogP contribution in [-0.4, -0.2) is 18.7 Å². The van der Waals surface area contributed by atoms with E-state index < -0.39 is 5.82 Å². The Balaban J connectivity index is 1.76. The van der Waals surface area contributed by atoms with Crippen molar-refractivity contribution in [2.75, 3.05) is 6.54 Å². The van der Waals surface area contributed by atoms with E-state index in [0.717, 1.165) is 6.54 Å². The zero-order valence-electron chi connectivity index (χ0n) is 11.3. The number of nitrogens with one attached hydrogen (secondary N) is 1. The third-order valence-corrected chi connectivity index (χ3v) is 3.82. The van der Waals surface area contributed by atoms with Crippen LogP contribution in [0.5, 0.6) is 5.75 Å². The van der Waals surface area contributed by atoms with Gasteiger partial charge in [0, 0.05) is 18.7 Å². The number of hydrogen-bond donors (Lipinski definition) is 1. The maximum Gasteiger partial charge on any atom is 0.142 e. The third kappa shape index (κ3) is 4.66. The first-order valence-corrected chi connectivity index (χ1v) is 7.38. The Morgan fingerprint density at radius 3 is 2.79 bits per heavy atom. The van der Waals surface area contributed by atoms with Gasteiger partial charge in [0.2, 0.25) is 0 Å². The van der Waals surface area contributed by atoms with Crippen LogP contribution < -0.4 is 10.1 Å². The Morgan fingerprint density at radius 1 is 1.37 bits per heavy atom. The second kappa shape index (κ2) is 7.11. The lowest BCUT2D eigenvalue weighted by molar-refractivity contribution is 0.205. The minimum Gasteiger partial charge on any atom is -0.489 e. The number of halogens is 2. The van der Waals surface area contributed by atoms with Crippen molar-refractivity contribution in [1.82, 2.24) is 5.32 Å². The molecular weight excluding hydrogens is 265 g/mol. The van der Waals surface area contributed by atoms with Crippen LogP contribution >= 0.6 is 11.6 Å². The molecule has 1 saturated carbocycles. The monoisotopic (exact) mass is 285 g/mol. The van der Waals surface area contributed by atoms with E-state index >= 15 is 0 Å². The summed E-state index contributed by atoms with van der Waals surface area (Å²) in [6, 6.07) is 5.09. The van der Waals surface area contributed by atoms with Crippen LogP contribution in [0.4, 0.5) is 4.39 Å². The van der Waals surface area contributed by atoms with Crippen LogP contribution in [-0.2, 0) is 0 Å². The van der Waals surface area contributed by atoms with Gasteiger partial charge in [0.05, 0.1) is 5.02 Å². The van der Waals surface area contributed by atoms with E-state index in [2.05, 4.69) is 5.32 Å². The molecule has 1 N–H and O–H groups in total. The molecule has 1 aromatic carbocycles. The molecule has 19 heavy (non-hydrogen) atoms. The maximum absolute atomic E-state index is 13.0. The van der Waals surface area contributed by atoms with Gasteiger partial charge in [0.1, 0.15) is 17.7 Å². The summed E-state index contributed by atoms with van der Waals surface area (Å²) >= 11 is 5.73. The Kier molecular flexibility index (Phi) is 5.46. The van der Waals surface area contributed by atoms with E-state index in [1.54, 1.807) is 6.07 Å². The molecule has 0 aliphatic heterocycles. The average molecular weight is 286 g/mol. The van der Waals surface area contributed by atoms with Crippen molar-refractivity contribution in [2.45, 2.75) is 51.2 Å². The second-order valence-electron chi connectivity index (χ2n) is 5.25. The summed E-state index contributed by atoms with van der Waals surface area (Å²) in [6.07, 6.45) is 6.56. The van der Waals surface area contributed by atoms with Crippen molar-refractivity contribution in [2.24, 2.45) is 0 Å². The van der Waals surface area contributed by atoms with Gasteiger partial charge >= 0.3 is 0 Å². The molecule has 1 fully saturated rings. The summed E-state index contributed by atoms with van der Waals surface area (Å²) in [5.41, 5.74) is 0. The van der Waals surface area contributed by atoms with Crippen LogP contribution in [0, 0.1) is 5.82 Å². The quantitative estimate of drug-likeness (QED) is 0.877. The van der Waals surface area contributed by atoms with Gasteiger partial charge in [-0.25, -0.2) is 4.39 Å². The van der Waals surface area contributed by atoms with Crippen LogP contribution in [0.2, 0.25) is 5.02 Å². The molecule has 106 valence electrons. The molecule has 0 saturated heterocycles. The lowest BCUT2D eigenvalue weighted by atomic mass is 9.95. The highest BCUT2D eigenvalue weighted by atomic mass is 35.5. The first-order valence-electron chi connectivity index (χ1n) is 7.00. The first kappa shape index (κ1) is 14.6. The molecule has 1 aromatic rings. The molecule has 1 atom stereocenters. The lowest BCUT2D eigenvalue weighted by Gasteiger charge is -2.25. The van der Waals surface area contributed by atoms with Gasteiger partial charge < -0.3 is 10.1 Å². The number of rotatable bonds is 5. The summed E-state index contributed by atoms with van der Waals surface area (Å²) in [5.74, 6) is 0.200. The molecule has 1 unspecified atom stereocenters. The zero-order chi connectivity index (χ0) is 13.7. The third-order valence-electron chi connectivity index (χ3n) is 3.53. The summed E-state index contributed by atoms with van der Waals surface area (Å²) in [4.78, 5) is 0. The standard InChI is InChI=1S/C15H21ClFNO/c1-11(10-18-12-5-3-2-4-6-12)19-13-7-8-15(17)14(16)9-13/h7-9,11-12,18H,2-6,10H2,1H3. The lowest BCUT2D eigenvalue weighted by Crippen LogP contribution is -2.37. The van der Waals surface area contributed by atoms with Gasteiger partial charge in [-0.2, -0.15) is 0 Å². The van der Waals surface area contributed by atoms with Crippen LogP contribution in [0.15, 0.2) is 18.2 Å². The maximum atomic E-state index is 13.0. The van der Waals surface area contributed by atoms with Gasteiger partial charge in [-0.1, -0.05) is 30.9 Å². The Labute approximate surface area is 119 Å². The Bertz CT molecular complexity index is 407. The molecule has 0 bridgehead atoms. The molecule has 0 radical (unpaired) electrons. The van der Waals surface area contributed by atoms with E-state index in [-0.39, 0.29) is 11.1 Å². The molecule has 4 heteroatoms. The Morgan fingerprint density at radius 2 is 2.11 bits per heavy atom. The summed E-state index contributed by atoms with van der Waals surface area (Å²) < 4.78 is 18.8. The fraction of sp³-hybridized carbons (Fsp3) is 0.600. The summed E-state index contributed by atoms with van der Waals surface area (Å²) in [5, 5.41) is 3.64. The van der Waals surface area contributed by atoms with Crippen molar-refractivity contribution in [3.05, 3.63) is 29.0 Å². The minimum absolute atomic E-state index is 0.0449. The van der Waals surface area contributed by atoms with Crippen molar-refractivity contribution in [3.63, 3.8) is 0 Å². The number of ether oxygens (including phenoxy) is 1. The summed E-state index contributed by atoms with van der Waals surface area (Å²) in [6.45, 7) is 2.81. The predicted octanol–water partition coefficient (Wildman–Crippen LogP) is 4.17. The molecule has 0 aromatic heterocycles. The van der Waals surface area contributed by atoms with E-state index in [9.17, 15) is 4.39 Å². The molecule has 0 amide bonds. The van der Waals surface area contributed by atoms with E-state index in [0.29, 0.717) is 11.8 Å². The number of benzene rings is 1.